The summed E-state index contributed by atoms with van der Waals surface area (Å²) in [6.45, 7) is 13.3. The molecule has 0 aliphatic carbocycles. The molecule has 1 N–H and O–H groups in total. The summed E-state index contributed by atoms with van der Waals surface area (Å²) < 4.78 is 37.3. The van der Waals surface area contributed by atoms with Gasteiger partial charge in [0, 0.05) is 0 Å². The van der Waals surface area contributed by atoms with E-state index in [-0.39, 0.29) is 33.0 Å². The van der Waals surface area contributed by atoms with Crippen molar-refractivity contribution in [2.24, 2.45) is 10.8 Å². The second-order valence-electron chi connectivity index (χ2n) is 15.3. The predicted molar refractivity (Wildman–Crippen MR) is 197 cm³/mol. The summed E-state index contributed by atoms with van der Waals surface area (Å²) in [6, 6.07) is 0. The standard InChI is InChI=1S/C29H54O6.C11H18O6/c1-5-7-8-9-10-11-12-13-14-15-16-17-18-19-20-21-22-32-26(30)23-33-27(31)29(6-2)24-34-28(3,4)35-25-29;1-4-11(9(14)15-5-8(12)13)6-16-10(2,3)17-7-11/h5-25H2,1-4H3;4-7H2,1-3H3,(H,12,13). The van der Waals surface area contributed by atoms with Gasteiger partial charge in [-0.25, -0.2) is 9.59 Å². The van der Waals surface area contributed by atoms with Crippen LogP contribution in [0, 0.1) is 10.8 Å². The van der Waals surface area contributed by atoms with Crippen LogP contribution < -0.4 is 0 Å². The first-order valence-electron chi connectivity index (χ1n) is 19.9. The molecular weight excluding hydrogens is 672 g/mol. The molecule has 2 rings (SSSR count). The summed E-state index contributed by atoms with van der Waals surface area (Å²) in [4.78, 5) is 46.6. The van der Waals surface area contributed by atoms with Crippen LogP contribution in [0.3, 0.4) is 0 Å². The Morgan fingerprint density at radius 3 is 1.15 bits per heavy atom. The van der Waals surface area contributed by atoms with E-state index in [1.54, 1.807) is 13.8 Å². The molecule has 2 aliphatic heterocycles. The molecule has 0 aromatic carbocycles. The third kappa shape index (κ3) is 19.7. The van der Waals surface area contributed by atoms with Crippen LogP contribution in [0.5, 0.6) is 0 Å². The van der Waals surface area contributed by atoms with Crippen molar-refractivity contribution in [3.63, 3.8) is 0 Å². The van der Waals surface area contributed by atoms with E-state index in [4.69, 9.17) is 38.3 Å². The van der Waals surface area contributed by atoms with Crippen molar-refractivity contribution < 1.29 is 57.4 Å². The molecule has 0 amide bonds. The van der Waals surface area contributed by atoms with Gasteiger partial charge in [0.2, 0.25) is 0 Å². The van der Waals surface area contributed by atoms with Gasteiger partial charge in [-0.2, -0.15) is 0 Å². The van der Waals surface area contributed by atoms with E-state index in [0.29, 0.717) is 19.4 Å². The van der Waals surface area contributed by atoms with Gasteiger partial charge in [0.15, 0.2) is 24.8 Å². The summed E-state index contributed by atoms with van der Waals surface area (Å²) in [6.07, 6.45) is 21.9. The number of carbonyl (C=O) groups excluding carboxylic acids is 3. The van der Waals surface area contributed by atoms with Crippen molar-refractivity contribution in [1.82, 2.24) is 0 Å². The van der Waals surface area contributed by atoms with Crippen LogP contribution in [0.15, 0.2) is 0 Å². The number of carboxylic acid groups (broad SMARTS) is 1. The Hall–Kier alpha value is -2.28. The first-order chi connectivity index (χ1) is 24.7. The Morgan fingerprint density at radius 1 is 0.500 bits per heavy atom. The van der Waals surface area contributed by atoms with Gasteiger partial charge in [-0.05, 0) is 47.0 Å². The average molecular weight is 745 g/mol. The number of hydrogen-bond acceptors (Lipinski definition) is 11. The average Bonchev–Trinajstić information content (AvgIpc) is 3.11. The van der Waals surface area contributed by atoms with Crippen molar-refractivity contribution in [1.29, 1.82) is 0 Å². The molecule has 0 spiro atoms. The van der Waals surface area contributed by atoms with Gasteiger partial charge in [0.05, 0.1) is 33.0 Å². The maximum absolute atomic E-state index is 12.5. The van der Waals surface area contributed by atoms with E-state index in [2.05, 4.69) is 6.92 Å². The van der Waals surface area contributed by atoms with E-state index >= 15 is 0 Å². The van der Waals surface area contributed by atoms with Gasteiger partial charge >= 0.3 is 23.9 Å². The molecule has 304 valence electrons. The van der Waals surface area contributed by atoms with E-state index in [1.807, 2.05) is 27.7 Å². The Kier molecular flexibility index (Phi) is 23.6. The molecule has 0 aromatic heterocycles. The molecule has 2 aliphatic rings. The van der Waals surface area contributed by atoms with Crippen molar-refractivity contribution in [3.8, 4) is 0 Å². The monoisotopic (exact) mass is 745 g/mol. The molecule has 0 bridgehead atoms. The molecule has 0 saturated carbocycles. The highest BCUT2D eigenvalue weighted by atomic mass is 16.7. The smallest absolute Gasteiger partial charge is 0.344 e. The van der Waals surface area contributed by atoms with Crippen LogP contribution in [0.4, 0.5) is 0 Å². The van der Waals surface area contributed by atoms with Crippen LogP contribution in [-0.4, -0.2) is 86.8 Å². The van der Waals surface area contributed by atoms with E-state index in [1.165, 1.54) is 89.9 Å². The van der Waals surface area contributed by atoms with Gasteiger partial charge in [0.25, 0.3) is 0 Å². The largest absolute Gasteiger partial charge is 0.479 e. The normalized spacial score (nSPS) is 18.4. The number of carbonyl (C=O) groups is 4. The maximum atomic E-state index is 12.5. The van der Waals surface area contributed by atoms with Crippen molar-refractivity contribution in [2.75, 3.05) is 46.2 Å². The zero-order valence-electron chi connectivity index (χ0n) is 33.6. The fourth-order valence-electron chi connectivity index (χ4n) is 5.78. The molecule has 2 saturated heterocycles. The Balaban J connectivity index is 0.000000662. The topological polar surface area (TPSA) is 153 Å². The van der Waals surface area contributed by atoms with E-state index in [0.717, 1.165) is 12.8 Å². The maximum Gasteiger partial charge on any atom is 0.344 e. The van der Waals surface area contributed by atoms with Gasteiger partial charge in [-0.3, -0.25) is 9.59 Å². The third-order valence-corrected chi connectivity index (χ3v) is 9.91. The third-order valence-electron chi connectivity index (χ3n) is 9.91. The number of carboxylic acids is 1. The number of ether oxygens (including phenoxy) is 7. The summed E-state index contributed by atoms with van der Waals surface area (Å²) in [5.41, 5.74) is -1.76. The lowest BCUT2D eigenvalue weighted by molar-refractivity contribution is -0.285. The van der Waals surface area contributed by atoms with Crippen LogP contribution in [0.1, 0.15) is 164 Å². The van der Waals surface area contributed by atoms with Crippen molar-refractivity contribution in [3.05, 3.63) is 0 Å². The van der Waals surface area contributed by atoms with Crippen LogP contribution in [0.2, 0.25) is 0 Å². The highest BCUT2D eigenvalue weighted by Crippen LogP contribution is 2.35. The summed E-state index contributed by atoms with van der Waals surface area (Å²) >= 11 is 0. The van der Waals surface area contributed by atoms with Gasteiger partial charge in [0.1, 0.15) is 10.8 Å². The highest BCUT2D eigenvalue weighted by molar-refractivity contribution is 5.81. The lowest BCUT2D eigenvalue weighted by Crippen LogP contribution is -2.51. The Morgan fingerprint density at radius 2 is 0.827 bits per heavy atom. The number of unbranched alkanes of at least 4 members (excludes halogenated alkanes) is 15. The molecule has 0 atom stereocenters. The summed E-state index contributed by atoms with van der Waals surface area (Å²) in [5.74, 6) is -4.14. The second-order valence-corrected chi connectivity index (χ2v) is 15.3. The van der Waals surface area contributed by atoms with Gasteiger partial charge in [-0.1, -0.05) is 117 Å². The second kappa shape index (κ2) is 25.7. The molecule has 52 heavy (non-hydrogen) atoms. The molecule has 0 aromatic rings. The minimum atomic E-state index is -1.18. The van der Waals surface area contributed by atoms with E-state index in [9.17, 15) is 19.2 Å². The zero-order valence-corrected chi connectivity index (χ0v) is 33.6. The molecule has 2 heterocycles. The Labute approximate surface area is 313 Å². The van der Waals surface area contributed by atoms with Gasteiger partial charge in [-0.15, -0.1) is 0 Å². The predicted octanol–water partition coefficient (Wildman–Crippen LogP) is 8.31. The molecule has 2 fully saturated rings. The first kappa shape index (κ1) is 47.7. The summed E-state index contributed by atoms with van der Waals surface area (Å²) in [7, 11) is 0. The number of esters is 3. The minimum Gasteiger partial charge on any atom is -0.479 e. The fourth-order valence-corrected chi connectivity index (χ4v) is 5.78. The van der Waals surface area contributed by atoms with Crippen LogP contribution >= 0.6 is 0 Å². The molecule has 0 radical (unpaired) electrons. The highest BCUT2D eigenvalue weighted by Gasteiger charge is 2.47. The number of aliphatic carboxylic acids is 1. The Bertz CT molecular complexity index is 1000. The summed E-state index contributed by atoms with van der Waals surface area (Å²) in [5, 5.41) is 8.46. The number of rotatable bonds is 25. The fraction of sp³-hybridized carbons (Fsp3) is 0.900. The quantitative estimate of drug-likeness (QED) is 0.0543. The zero-order chi connectivity index (χ0) is 38.9. The minimum absolute atomic E-state index is 0.176. The van der Waals surface area contributed by atoms with Crippen molar-refractivity contribution >= 4 is 23.9 Å². The van der Waals surface area contributed by atoms with Crippen LogP contribution in [-0.2, 0) is 52.3 Å². The van der Waals surface area contributed by atoms with Gasteiger partial charge < -0.3 is 38.3 Å². The lowest BCUT2D eigenvalue weighted by Gasteiger charge is -2.41. The molecular formula is C40H72O12. The molecule has 12 nitrogen and oxygen atoms in total. The van der Waals surface area contributed by atoms with Crippen molar-refractivity contribution in [2.45, 2.75) is 176 Å². The van der Waals surface area contributed by atoms with Crippen LogP contribution in [0.25, 0.3) is 0 Å². The molecule has 12 heteroatoms. The lowest BCUT2D eigenvalue weighted by atomic mass is 9.86. The van der Waals surface area contributed by atoms with E-state index < -0.39 is 52.9 Å². The SMILES string of the molecule is CCC1(C(=O)OCC(=O)O)COC(C)(C)OC1.CCCCCCCCCCCCCCCCCCOC(=O)COC(=O)C1(CC)COC(C)(C)OC1. The first-order valence-corrected chi connectivity index (χ1v) is 19.9. The molecule has 0 unspecified atom stereocenters. The number of hydrogen-bond donors (Lipinski definition) is 1.